The van der Waals surface area contributed by atoms with Crippen LogP contribution in [0.15, 0.2) is 36.7 Å². The summed E-state index contributed by atoms with van der Waals surface area (Å²) >= 11 is 0. The normalized spacial score (nSPS) is 14.4. The SMILES string of the molecule is CC(C)(C)OC(=O)N1CC=C(c2ncc(C(=O)c3ccc(F)c(F)c3)cn2)CC1. The van der Waals surface area contributed by atoms with Crippen LogP contribution in [0.2, 0.25) is 0 Å². The zero-order valence-corrected chi connectivity index (χ0v) is 16.4. The molecule has 0 fully saturated rings. The summed E-state index contributed by atoms with van der Waals surface area (Å²) in [7, 11) is 0. The number of carbonyl (C=O) groups is 2. The van der Waals surface area contributed by atoms with Crippen LogP contribution in [0.4, 0.5) is 13.6 Å². The topological polar surface area (TPSA) is 72.4 Å². The highest BCUT2D eigenvalue weighted by atomic mass is 19.2. The number of benzene rings is 1. The maximum absolute atomic E-state index is 13.3. The van der Waals surface area contributed by atoms with Gasteiger partial charge in [0.25, 0.3) is 0 Å². The Morgan fingerprint density at radius 1 is 1.07 bits per heavy atom. The van der Waals surface area contributed by atoms with Crippen LogP contribution in [0, 0.1) is 11.6 Å². The van der Waals surface area contributed by atoms with Gasteiger partial charge in [-0.2, -0.15) is 0 Å². The van der Waals surface area contributed by atoms with Gasteiger partial charge >= 0.3 is 6.09 Å². The number of hydrogen-bond donors (Lipinski definition) is 0. The Morgan fingerprint density at radius 3 is 2.31 bits per heavy atom. The van der Waals surface area contributed by atoms with Gasteiger partial charge in [0.15, 0.2) is 23.2 Å². The van der Waals surface area contributed by atoms with E-state index in [1.807, 2.05) is 26.8 Å². The van der Waals surface area contributed by atoms with E-state index in [0.717, 1.165) is 17.7 Å². The number of rotatable bonds is 3. The fourth-order valence-electron chi connectivity index (χ4n) is 2.78. The largest absolute Gasteiger partial charge is 0.444 e. The van der Waals surface area contributed by atoms with Gasteiger partial charge in [-0.15, -0.1) is 0 Å². The molecule has 2 heterocycles. The van der Waals surface area contributed by atoms with Gasteiger partial charge in [0.2, 0.25) is 0 Å². The van der Waals surface area contributed by atoms with Crippen molar-refractivity contribution in [3.05, 3.63) is 65.3 Å². The first-order valence-corrected chi connectivity index (χ1v) is 9.13. The van der Waals surface area contributed by atoms with E-state index in [9.17, 15) is 18.4 Å². The molecule has 0 atom stereocenters. The molecular weight excluding hydrogens is 380 g/mol. The molecule has 2 aromatic rings. The molecule has 6 nitrogen and oxygen atoms in total. The van der Waals surface area contributed by atoms with E-state index in [1.54, 1.807) is 4.90 Å². The van der Waals surface area contributed by atoms with Crippen molar-refractivity contribution < 1.29 is 23.1 Å². The summed E-state index contributed by atoms with van der Waals surface area (Å²) in [4.78, 5) is 34.5. The van der Waals surface area contributed by atoms with Crippen molar-refractivity contribution in [2.45, 2.75) is 32.8 Å². The molecule has 152 valence electrons. The van der Waals surface area contributed by atoms with Crippen molar-refractivity contribution in [2.24, 2.45) is 0 Å². The molecule has 0 spiro atoms. The molecule has 1 amide bonds. The molecule has 1 aliphatic rings. The van der Waals surface area contributed by atoms with Crippen molar-refractivity contribution >= 4 is 17.4 Å². The number of carbonyl (C=O) groups excluding carboxylic acids is 2. The molecule has 3 rings (SSSR count). The Morgan fingerprint density at radius 2 is 1.76 bits per heavy atom. The fourth-order valence-corrected chi connectivity index (χ4v) is 2.78. The smallest absolute Gasteiger partial charge is 0.410 e. The third kappa shape index (κ3) is 5.01. The molecule has 0 saturated heterocycles. The van der Waals surface area contributed by atoms with E-state index in [4.69, 9.17) is 4.74 Å². The van der Waals surface area contributed by atoms with Crippen LogP contribution in [-0.4, -0.2) is 45.4 Å². The van der Waals surface area contributed by atoms with Gasteiger partial charge in [-0.05, 0) is 51.0 Å². The summed E-state index contributed by atoms with van der Waals surface area (Å²) in [5, 5.41) is 0. The Labute approximate surface area is 167 Å². The van der Waals surface area contributed by atoms with Gasteiger partial charge < -0.3 is 9.64 Å². The lowest BCUT2D eigenvalue weighted by Gasteiger charge is -2.29. The monoisotopic (exact) mass is 401 g/mol. The Balaban J connectivity index is 1.68. The molecule has 0 N–H and O–H groups in total. The van der Waals surface area contributed by atoms with Crippen molar-refractivity contribution in [1.82, 2.24) is 14.9 Å². The first kappa shape index (κ1) is 20.6. The lowest BCUT2D eigenvalue weighted by molar-refractivity contribution is 0.0270. The molecular formula is C21H21F2N3O3. The van der Waals surface area contributed by atoms with E-state index in [0.29, 0.717) is 25.3 Å². The Kier molecular flexibility index (Phi) is 5.72. The standard InChI is InChI=1S/C21H21F2N3O3/c1-21(2,3)29-20(28)26-8-6-13(7-9-26)19-24-11-15(12-25-19)18(27)14-4-5-16(22)17(23)10-14/h4-6,10-12H,7-9H2,1-3H3. The molecule has 8 heteroatoms. The molecule has 0 bridgehead atoms. The quantitative estimate of drug-likeness (QED) is 0.727. The summed E-state index contributed by atoms with van der Waals surface area (Å²) in [6.07, 6.45) is 4.73. The second-order valence-corrected chi connectivity index (χ2v) is 7.66. The van der Waals surface area contributed by atoms with Crippen LogP contribution in [0.5, 0.6) is 0 Å². The third-order valence-electron chi connectivity index (χ3n) is 4.24. The van der Waals surface area contributed by atoms with Crippen molar-refractivity contribution in [1.29, 1.82) is 0 Å². The number of halogens is 2. The maximum Gasteiger partial charge on any atom is 0.410 e. The van der Waals surface area contributed by atoms with Gasteiger partial charge in [-0.1, -0.05) is 6.08 Å². The molecule has 1 aliphatic heterocycles. The van der Waals surface area contributed by atoms with Crippen LogP contribution < -0.4 is 0 Å². The van der Waals surface area contributed by atoms with Gasteiger partial charge in [0, 0.05) is 31.0 Å². The number of ether oxygens (including phenoxy) is 1. The van der Waals surface area contributed by atoms with Gasteiger partial charge in [-0.3, -0.25) is 4.79 Å². The average Bonchev–Trinajstić information content (AvgIpc) is 2.68. The number of aromatic nitrogens is 2. The fraction of sp³-hybridized carbons (Fsp3) is 0.333. The molecule has 0 radical (unpaired) electrons. The molecule has 1 aromatic heterocycles. The molecule has 1 aromatic carbocycles. The minimum absolute atomic E-state index is 0.0186. The van der Waals surface area contributed by atoms with Crippen molar-refractivity contribution in [3.63, 3.8) is 0 Å². The Hall–Kier alpha value is -3.16. The zero-order valence-electron chi connectivity index (χ0n) is 16.4. The maximum atomic E-state index is 13.3. The highest BCUT2D eigenvalue weighted by molar-refractivity contribution is 6.08. The summed E-state index contributed by atoms with van der Waals surface area (Å²) in [6.45, 7) is 6.29. The summed E-state index contributed by atoms with van der Waals surface area (Å²) < 4.78 is 31.7. The summed E-state index contributed by atoms with van der Waals surface area (Å²) in [6, 6.07) is 2.96. The minimum Gasteiger partial charge on any atom is -0.444 e. The highest BCUT2D eigenvalue weighted by Crippen LogP contribution is 2.21. The van der Waals surface area contributed by atoms with E-state index >= 15 is 0 Å². The summed E-state index contributed by atoms with van der Waals surface area (Å²) in [5.74, 6) is -2.15. The zero-order chi connectivity index (χ0) is 21.2. The number of hydrogen-bond acceptors (Lipinski definition) is 5. The molecule has 0 unspecified atom stereocenters. The summed E-state index contributed by atoms with van der Waals surface area (Å²) in [5.41, 5.74) is 0.494. The van der Waals surface area contributed by atoms with Crippen LogP contribution in [-0.2, 0) is 4.74 Å². The second kappa shape index (κ2) is 8.06. The lowest BCUT2D eigenvalue weighted by Crippen LogP contribution is -2.39. The van der Waals surface area contributed by atoms with E-state index < -0.39 is 23.0 Å². The Bertz CT molecular complexity index is 966. The predicted molar refractivity (Wildman–Crippen MR) is 102 cm³/mol. The van der Waals surface area contributed by atoms with Crippen molar-refractivity contribution in [3.8, 4) is 0 Å². The minimum atomic E-state index is -1.09. The molecule has 29 heavy (non-hydrogen) atoms. The van der Waals surface area contributed by atoms with Crippen LogP contribution in [0.3, 0.4) is 0 Å². The van der Waals surface area contributed by atoms with Crippen molar-refractivity contribution in [2.75, 3.05) is 13.1 Å². The number of amides is 1. The van der Waals surface area contributed by atoms with E-state index in [-0.39, 0.29) is 17.2 Å². The predicted octanol–water partition coefficient (Wildman–Crippen LogP) is 4.01. The van der Waals surface area contributed by atoms with E-state index in [1.165, 1.54) is 18.5 Å². The molecule has 0 saturated carbocycles. The third-order valence-corrected chi connectivity index (χ3v) is 4.24. The second-order valence-electron chi connectivity index (χ2n) is 7.66. The van der Waals surface area contributed by atoms with Gasteiger partial charge in [-0.25, -0.2) is 23.5 Å². The van der Waals surface area contributed by atoms with Crippen LogP contribution >= 0.6 is 0 Å². The van der Waals surface area contributed by atoms with E-state index in [2.05, 4.69) is 9.97 Å². The highest BCUT2D eigenvalue weighted by Gasteiger charge is 2.24. The van der Waals surface area contributed by atoms with Crippen LogP contribution in [0.25, 0.3) is 5.57 Å². The number of nitrogens with zero attached hydrogens (tertiary/aromatic N) is 3. The van der Waals surface area contributed by atoms with Gasteiger partial charge in [0.1, 0.15) is 5.60 Å². The van der Waals surface area contributed by atoms with Gasteiger partial charge in [0.05, 0.1) is 5.56 Å². The first-order valence-electron chi connectivity index (χ1n) is 9.13. The lowest BCUT2D eigenvalue weighted by atomic mass is 10.0. The average molecular weight is 401 g/mol. The van der Waals surface area contributed by atoms with Crippen LogP contribution in [0.1, 0.15) is 48.9 Å². The first-order chi connectivity index (χ1) is 13.6. The number of ketones is 1. The molecule has 0 aliphatic carbocycles.